The standard InChI is InChI=1S/C38H40N2O6/c1-25(2)21-33(37(43)45-5)39-35(41)31-23-30(20-18-28-15-11-8-12-16-28)32(24-29(31)19-17-27-13-9-7-10-14-27)36(42)40-34(22-26(3)4)38(44)46-6/h7-16,23-26,33-34H,21-22H2,1-6H3,(H,39,41)(H,40,42)/t33-,34-/m0/s1. The first-order valence-corrected chi connectivity index (χ1v) is 15.1. The van der Waals surface area contributed by atoms with E-state index in [0.29, 0.717) is 24.0 Å². The maximum Gasteiger partial charge on any atom is 0.328 e. The molecule has 0 saturated heterocycles. The summed E-state index contributed by atoms with van der Waals surface area (Å²) in [5.41, 5.74) is 2.13. The van der Waals surface area contributed by atoms with E-state index in [9.17, 15) is 19.2 Å². The van der Waals surface area contributed by atoms with E-state index in [2.05, 4.69) is 34.3 Å². The van der Waals surface area contributed by atoms with E-state index < -0.39 is 35.8 Å². The van der Waals surface area contributed by atoms with Crippen LogP contribution in [-0.2, 0) is 19.1 Å². The van der Waals surface area contributed by atoms with Crippen LogP contribution in [0, 0.1) is 35.5 Å². The van der Waals surface area contributed by atoms with Crippen molar-refractivity contribution in [2.45, 2.75) is 52.6 Å². The minimum absolute atomic E-state index is 0.0914. The number of benzene rings is 3. The SMILES string of the molecule is COC(=O)[C@H](CC(C)C)NC(=O)c1cc(C#Cc2ccccc2)c(C(=O)N[C@@H](CC(C)C)C(=O)OC)cc1C#Cc1ccccc1. The average molecular weight is 621 g/mol. The van der Waals surface area contributed by atoms with Crippen LogP contribution in [0.1, 0.15) is 83.5 Å². The van der Waals surface area contributed by atoms with Gasteiger partial charge in [-0.1, -0.05) is 87.8 Å². The van der Waals surface area contributed by atoms with Crippen molar-refractivity contribution in [3.8, 4) is 23.7 Å². The molecule has 0 unspecified atom stereocenters. The summed E-state index contributed by atoms with van der Waals surface area (Å²) in [4.78, 5) is 52.8. The largest absolute Gasteiger partial charge is 0.467 e. The maximum atomic E-state index is 13.8. The summed E-state index contributed by atoms with van der Waals surface area (Å²) < 4.78 is 9.89. The van der Waals surface area contributed by atoms with Crippen molar-refractivity contribution in [3.05, 3.63) is 106 Å². The van der Waals surface area contributed by atoms with Gasteiger partial charge < -0.3 is 20.1 Å². The molecule has 0 radical (unpaired) electrons. The Bertz CT molecular complexity index is 1530. The molecule has 0 fully saturated rings. The van der Waals surface area contributed by atoms with Crippen molar-refractivity contribution in [3.63, 3.8) is 0 Å². The Labute approximate surface area is 271 Å². The summed E-state index contributed by atoms with van der Waals surface area (Å²) in [5.74, 6) is 10.1. The minimum atomic E-state index is -0.897. The van der Waals surface area contributed by atoms with Crippen molar-refractivity contribution >= 4 is 23.8 Å². The smallest absolute Gasteiger partial charge is 0.328 e. The molecule has 0 spiro atoms. The van der Waals surface area contributed by atoms with Gasteiger partial charge in [0.1, 0.15) is 12.1 Å². The van der Waals surface area contributed by atoms with Crippen LogP contribution < -0.4 is 10.6 Å². The Balaban J connectivity index is 2.22. The fourth-order valence-corrected chi connectivity index (χ4v) is 4.63. The molecule has 3 aromatic rings. The Morgan fingerprint density at radius 1 is 0.587 bits per heavy atom. The molecular weight excluding hydrogens is 580 g/mol. The molecule has 2 N–H and O–H groups in total. The third kappa shape index (κ3) is 10.4. The van der Waals surface area contributed by atoms with Gasteiger partial charge in [-0.05, 0) is 61.1 Å². The molecule has 3 aromatic carbocycles. The van der Waals surface area contributed by atoms with E-state index in [4.69, 9.17) is 9.47 Å². The lowest BCUT2D eigenvalue weighted by Crippen LogP contribution is -2.43. The van der Waals surface area contributed by atoms with Crippen molar-refractivity contribution in [1.82, 2.24) is 10.6 Å². The Morgan fingerprint density at radius 3 is 1.24 bits per heavy atom. The van der Waals surface area contributed by atoms with Crippen LogP contribution in [0.2, 0.25) is 0 Å². The molecule has 0 aromatic heterocycles. The van der Waals surface area contributed by atoms with Gasteiger partial charge >= 0.3 is 11.9 Å². The number of esters is 2. The highest BCUT2D eigenvalue weighted by molar-refractivity contribution is 6.04. The summed E-state index contributed by atoms with van der Waals surface area (Å²) in [7, 11) is 2.54. The average Bonchev–Trinajstić information content (AvgIpc) is 3.05. The van der Waals surface area contributed by atoms with E-state index in [1.165, 1.54) is 26.4 Å². The van der Waals surface area contributed by atoms with E-state index in [1.54, 1.807) is 0 Å². The van der Waals surface area contributed by atoms with E-state index in [-0.39, 0.29) is 34.1 Å². The topological polar surface area (TPSA) is 111 Å². The fourth-order valence-electron chi connectivity index (χ4n) is 4.63. The predicted octanol–water partition coefficient (Wildman–Crippen LogP) is 5.12. The third-order valence-electron chi connectivity index (χ3n) is 6.87. The van der Waals surface area contributed by atoms with Gasteiger partial charge in [0.25, 0.3) is 11.8 Å². The van der Waals surface area contributed by atoms with Crippen molar-refractivity contribution in [1.29, 1.82) is 0 Å². The molecule has 8 nitrogen and oxygen atoms in total. The number of amides is 2. The zero-order chi connectivity index (χ0) is 33.6. The zero-order valence-corrected chi connectivity index (χ0v) is 27.1. The molecule has 46 heavy (non-hydrogen) atoms. The lowest BCUT2D eigenvalue weighted by atomic mass is 9.95. The van der Waals surface area contributed by atoms with Crippen LogP contribution in [0.5, 0.6) is 0 Å². The number of carbonyl (C=O) groups is 4. The van der Waals surface area contributed by atoms with Gasteiger partial charge in [-0.15, -0.1) is 0 Å². The Morgan fingerprint density at radius 2 is 0.935 bits per heavy atom. The molecule has 0 bridgehead atoms. The third-order valence-corrected chi connectivity index (χ3v) is 6.87. The molecule has 3 rings (SSSR count). The van der Waals surface area contributed by atoms with Crippen LogP contribution in [0.3, 0.4) is 0 Å². The van der Waals surface area contributed by atoms with E-state index >= 15 is 0 Å². The number of hydrogen-bond acceptors (Lipinski definition) is 6. The first-order chi connectivity index (χ1) is 22.0. The second-order valence-electron chi connectivity index (χ2n) is 11.5. The normalized spacial score (nSPS) is 11.7. The highest BCUT2D eigenvalue weighted by atomic mass is 16.5. The molecule has 8 heteroatoms. The zero-order valence-electron chi connectivity index (χ0n) is 27.1. The number of carbonyl (C=O) groups excluding carboxylic acids is 4. The maximum absolute atomic E-state index is 13.8. The molecule has 0 aliphatic heterocycles. The summed E-state index contributed by atoms with van der Waals surface area (Å²) in [6, 6.07) is 19.6. The van der Waals surface area contributed by atoms with Gasteiger partial charge in [-0.2, -0.15) is 0 Å². The van der Waals surface area contributed by atoms with Crippen LogP contribution in [0.4, 0.5) is 0 Å². The van der Waals surface area contributed by atoms with Crippen molar-refractivity contribution in [2.24, 2.45) is 11.8 Å². The monoisotopic (exact) mass is 620 g/mol. The van der Waals surface area contributed by atoms with Crippen LogP contribution in [0.15, 0.2) is 72.8 Å². The first-order valence-electron chi connectivity index (χ1n) is 15.1. The molecule has 0 aliphatic rings. The summed E-state index contributed by atoms with van der Waals surface area (Å²) in [5, 5.41) is 5.58. The molecule has 0 saturated carbocycles. The molecule has 0 heterocycles. The van der Waals surface area contributed by atoms with Crippen molar-refractivity contribution < 1.29 is 28.7 Å². The highest BCUT2D eigenvalue weighted by Gasteiger charge is 2.28. The molecule has 0 aliphatic carbocycles. The van der Waals surface area contributed by atoms with Gasteiger partial charge in [-0.25, -0.2) is 9.59 Å². The summed E-state index contributed by atoms with van der Waals surface area (Å²) in [6.07, 6.45) is 0.713. The Kier molecular flexibility index (Phi) is 13.2. The summed E-state index contributed by atoms with van der Waals surface area (Å²) >= 11 is 0. The second kappa shape index (κ2) is 17.2. The van der Waals surface area contributed by atoms with Crippen molar-refractivity contribution in [2.75, 3.05) is 14.2 Å². The van der Waals surface area contributed by atoms with Gasteiger partial charge in [0, 0.05) is 22.3 Å². The number of hydrogen-bond donors (Lipinski definition) is 2. The molecule has 2 amide bonds. The highest BCUT2D eigenvalue weighted by Crippen LogP contribution is 2.20. The fraction of sp³-hybridized carbons (Fsp3) is 0.316. The Hall–Kier alpha value is -5.34. The van der Waals surface area contributed by atoms with Gasteiger partial charge in [0.15, 0.2) is 0 Å². The van der Waals surface area contributed by atoms with Crippen LogP contribution in [-0.4, -0.2) is 50.1 Å². The van der Waals surface area contributed by atoms with Gasteiger partial charge in [-0.3, -0.25) is 9.59 Å². The van der Waals surface area contributed by atoms with E-state index in [0.717, 1.165) is 0 Å². The minimum Gasteiger partial charge on any atom is -0.467 e. The van der Waals surface area contributed by atoms with E-state index in [1.807, 2.05) is 88.4 Å². The summed E-state index contributed by atoms with van der Waals surface area (Å²) in [6.45, 7) is 7.74. The number of rotatable bonds is 10. The molecule has 2 atom stereocenters. The second-order valence-corrected chi connectivity index (χ2v) is 11.5. The lowest BCUT2D eigenvalue weighted by molar-refractivity contribution is -0.144. The molecule has 238 valence electrons. The number of nitrogens with one attached hydrogen (secondary N) is 2. The molecular formula is C38H40N2O6. The van der Waals surface area contributed by atoms with Crippen LogP contribution >= 0.6 is 0 Å². The van der Waals surface area contributed by atoms with Crippen LogP contribution in [0.25, 0.3) is 0 Å². The predicted molar refractivity (Wildman–Crippen MR) is 177 cm³/mol. The van der Waals surface area contributed by atoms with Gasteiger partial charge in [0.05, 0.1) is 25.3 Å². The quantitative estimate of drug-likeness (QED) is 0.241. The number of ether oxygens (including phenoxy) is 2. The lowest BCUT2D eigenvalue weighted by Gasteiger charge is -2.20. The first kappa shape index (κ1) is 35.1. The van der Waals surface area contributed by atoms with Gasteiger partial charge in [0.2, 0.25) is 0 Å². The number of methoxy groups -OCH3 is 2.